The van der Waals surface area contributed by atoms with E-state index in [0.717, 1.165) is 18.5 Å². The van der Waals surface area contributed by atoms with Crippen molar-refractivity contribution in [2.45, 2.75) is 39.2 Å². The fraction of sp³-hybridized carbons (Fsp3) is 0.550. The number of halogens is 1. The molecule has 25 heavy (non-hydrogen) atoms. The monoisotopic (exact) mass is 350 g/mol. The van der Waals surface area contributed by atoms with Crippen LogP contribution in [-0.2, 0) is 11.3 Å². The Morgan fingerprint density at radius 1 is 1.20 bits per heavy atom. The Hall–Kier alpha value is -1.72. The highest BCUT2D eigenvalue weighted by Gasteiger charge is 2.10. The van der Waals surface area contributed by atoms with Gasteiger partial charge in [0.15, 0.2) is 0 Å². The summed E-state index contributed by atoms with van der Waals surface area (Å²) in [6, 6.07) is 7.64. The van der Waals surface area contributed by atoms with Crippen LogP contribution in [0.5, 0.6) is 0 Å². The van der Waals surface area contributed by atoms with Gasteiger partial charge >= 0.3 is 0 Å². The Morgan fingerprint density at radius 3 is 2.64 bits per heavy atom. The first-order valence-electron chi connectivity index (χ1n) is 9.02. The van der Waals surface area contributed by atoms with Gasteiger partial charge in [0.05, 0.1) is 13.3 Å². The first-order valence-corrected chi connectivity index (χ1v) is 9.02. The predicted octanol–water partition coefficient (Wildman–Crippen LogP) is 3.93. The Morgan fingerprint density at radius 2 is 1.96 bits per heavy atom. The van der Waals surface area contributed by atoms with Gasteiger partial charge in [-0.2, -0.15) is 0 Å². The number of amides is 1. The summed E-state index contributed by atoms with van der Waals surface area (Å²) in [5.41, 5.74) is 1.81. The fourth-order valence-corrected chi connectivity index (χ4v) is 2.39. The van der Waals surface area contributed by atoms with Gasteiger partial charge in [0, 0.05) is 25.7 Å². The van der Waals surface area contributed by atoms with Gasteiger partial charge in [-0.05, 0) is 24.1 Å². The van der Waals surface area contributed by atoms with E-state index in [4.69, 9.17) is 4.74 Å². The minimum atomic E-state index is -0.463. The molecule has 1 rings (SSSR count). The molecule has 0 atom stereocenters. The van der Waals surface area contributed by atoms with E-state index in [9.17, 15) is 9.18 Å². The minimum Gasteiger partial charge on any atom is -0.362 e. The Labute approximate surface area is 151 Å². The molecule has 1 amide bonds. The number of alkyl halides is 1. The van der Waals surface area contributed by atoms with Crippen molar-refractivity contribution in [2.75, 3.05) is 33.6 Å². The van der Waals surface area contributed by atoms with Gasteiger partial charge in [0.2, 0.25) is 0 Å². The van der Waals surface area contributed by atoms with Crippen molar-refractivity contribution in [2.24, 2.45) is 0 Å². The van der Waals surface area contributed by atoms with Gasteiger partial charge in [-0.1, -0.05) is 50.5 Å². The normalized spacial score (nSPS) is 11.2. The zero-order chi connectivity index (χ0) is 18.3. The summed E-state index contributed by atoms with van der Waals surface area (Å²) >= 11 is 0. The number of benzene rings is 1. The van der Waals surface area contributed by atoms with Gasteiger partial charge < -0.3 is 9.64 Å². The third kappa shape index (κ3) is 9.37. The minimum absolute atomic E-state index is 0.0685. The number of carbonyl (C=O) groups is 1. The molecular formula is C20H31FN2O2. The number of hydrogen-bond acceptors (Lipinski definition) is 3. The molecule has 5 heteroatoms. The second-order valence-electron chi connectivity index (χ2n) is 6.05. The predicted molar refractivity (Wildman–Crippen MR) is 100 cm³/mol. The van der Waals surface area contributed by atoms with Crippen molar-refractivity contribution in [3.05, 3.63) is 47.5 Å². The smallest absolute Gasteiger partial charge is 0.253 e. The quantitative estimate of drug-likeness (QED) is 0.333. The third-order valence-corrected chi connectivity index (χ3v) is 3.90. The van der Waals surface area contributed by atoms with Crippen LogP contribution in [0.4, 0.5) is 4.39 Å². The topological polar surface area (TPSA) is 41.6 Å². The number of ether oxygens (including phenoxy) is 1. The van der Waals surface area contributed by atoms with E-state index >= 15 is 0 Å². The summed E-state index contributed by atoms with van der Waals surface area (Å²) < 4.78 is 17.1. The Bertz CT molecular complexity index is 503. The molecule has 0 aromatic heterocycles. The molecule has 0 aliphatic heterocycles. The molecule has 1 aromatic rings. The number of hydrogen-bond donors (Lipinski definition) is 1. The molecule has 1 aromatic carbocycles. The molecule has 0 aliphatic carbocycles. The summed E-state index contributed by atoms with van der Waals surface area (Å²) in [5, 5.41) is 3.14. The molecule has 0 radical (unpaired) electrons. The Kier molecular flexibility index (Phi) is 11.6. The molecule has 0 fully saturated rings. The Balaban J connectivity index is 2.30. The van der Waals surface area contributed by atoms with E-state index in [0.29, 0.717) is 25.4 Å². The van der Waals surface area contributed by atoms with Crippen LogP contribution in [0.2, 0.25) is 0 Å². The highest BCUT2D eigenvalue weighted by molar-refractivity contribution is 5.94. The van der Waals surface area contributed by atoms with Crippen LogP contribution in [0.1, 0.15) is 48.5 Å². The SMILES string of the molecule is CCCCCCN(C)C(=O)c1ccc(CNCOC/C=C/CF)cc1. The summed E-state index contributed by atoms with van der Waals surface area (Å²) in [4.78, 5) is 14.2. The maximum Gasteiger partial charge on any atom is 0.253 e. The van der Waals surface area contributed by atoms with Crippen LogP contribution in [0.3, 0.4) is 0 Å². The molecule has 0 aliphatic rings. The number of rotatable bonds is 13. The van der Waals surface area contributed by atoms with Gasteiger partial charge in [-0.3, -0.25) is 10.1 Å². The number of unbranched alkanes of at least 4 members (excludes halogenated alkanes) is 3. The zero-order valence-electron chi connectivity index (χ0n) is 15.5. The van der Waals surface area contributed by atoms with Crippen molar-refractivity contribution in [1.82, 2.24) is 10.2 Å². The van der Waals surface area contributed by atoms with Gasteiger partial charge in [0.25, 0.3) is 5.91 Å². The standard InChI is InChI=1S/C20H31FN2O2/c1-3-4-5-7-14-23(2)20(24)19-11-9-18(10-12-19)16-22-17-25-15-8-6-13-21/h6,8-12,22H,3-5,7,13-17H2,1-2H3/b8-6+. The maximum absolute atomic E-state index is 12.4. The highest BCUT2D eigenvalue weighted by Crippen LogP contribution is 2.08. The summed E-state index contributed by atoms with van der Waals surface area (Å²) in [7, 11) is 1.86. The molecule has 0 spiro atoms. The third-order valence-electron chi connectivity index (χ3n) is 3.90. The van der Waals surface area contributed by atoms with Crippen LogP contribution in [0.15, 0.2) is 36.4 Å². The molecule has 0 unspecified atom stereocenters. The molecule has 1 N–H and O–H groups in total. The molecule has 0 saturated carbocycles. The fourth-order valence-electron chi connectivity index (χ4n) is 2.39. The van der Waals surface area contributed by atoms with Crippen LogP contribution in [-0.4, -0.2) is 44.4 Å². The van der Waals surface area contributed by atoms with Crippen molar-refractivity contribution in [3.63, 3.8) is 0 Å². The first-order chi connectivity index (χ1) is 12.2. The van der Waals surface area contributed by atoms with Crippen LogP contribution in [0, 0.1) is 0 Å². The van der Waals surface area contributed by atoms with E-state index in [1.165, 1.54) is 25.3 Å². The van der Waals surface area contributed by atoms with Gasteiger partial charge in [-0.15, -0.1) is 0 Å². The van der Waals surface area contributed by atoms with E-state index in [1.54, 1.807) is 11.0 Å². The molecule has 0 saturated heterocycles. The largest absolute Gasteiger partial charge is 0.362 e. The van der Waals surface area contributed by atoms with E-state index in [1.807, 2.05) is 31.3 Å². The first kappa shape index (κ1) is 21.3. The molecule has 0 heterocycles. The number of nitrogens with zero attached hydrogens (tertiary/aromatic N) is 1. The molecular weight excluding hydrogens is 319 g/mol. The molecule has 0 bridgehead atoms. The average molecular weight is 350 g/mol. The molecule has 4 nitrogen and oxygen atoms in total. The van der Waals surface area contributed by atoms with E-state index in [2.05, 4.69) is 12.2 Å². The summed E-state index contributed by atoms with van der Waals surface area (Å²) in [6.07, 6.45) is 7.73. The van der Waals surface area contributed by atoms with Crippen LogP contribution in [0.25, 0.3) is 0 Å². The second-order valence-corrected chi connectivity index (χ2v) is 6.05. The lowest BCUT2D eigenvalue weighted by molar-refractivity contribution is 0.0792. The van der Waals surface area contributed by atoms with E-state index in [-0.39, 0.29) is 5.91 Å². The number of carbonyl (C=O) groups excluding carboxylic acids is 1. The van der Waals surface area contributed by atoms with Crippen molar-refractivity contribution in [3.8, 4) is 0 Å². The lowest BCUT2D eigenvalue weighted by atomic mass is 10.1. The highest BCUT2D eigenvalue weighted by atomic mass is 19.1. The zero-order valence-corrected chi connectivity index (χ0v) is 15.5. The lowest BCUT2D eigenvalue weighted by Gasteiger charge is -2.17. The van der Waals surface area contributed by atoms with Crippen molar-refractivity contribution >= 4 is 5.91 Å². The van der Waals surface area contributed by atoms with E-state index < -0.39 is 6.67 Å². The van der Waals surface area contributed by atoms with Gasteiger partial charge in [0.1, 0.15) is 6.67 Å². The second kappa shape index (κ2) is 13.6. The number of allylic oxidation sites excluding steroid dienone is 1. The van der Waals surface area contributed by atoms with Gasteiger partial charge in [-0.25, -0.2) is 4.39 Å². The maximum atomic E-state index is 12.4. The lowest BCUT2D eigenvalue weighted by Crippen LogP contribution is -2.27. The van der Waals surface area contributed by atoms with Crippen LogP contribution >= 0.6 is 0 Å². The van der Waals surface area contributed by atoms with Crippen LogP contribution < -0.4 is 5.32 Å². The molecule has 140 valence electrons. The number of nitrogens with one attached hydrogen (secondary N) is 1. The summed E-state index contributed by atoms with van der Waals surface area (Å²) in [5.74, 6) is 0.0685. The van der Waals surface area contributed by atoms with Crippen molar-refractivity contribution < 1.29 is 13.9 Å². The van der Waals surface area contributed by atoms with Crippen molar-refractivity contribution in [1.29, 1.82) is 0 Å². The summed E-state index contributed by atoms with van der Waals surface area (Å²) in [6.45, 7) is 3.98. The average Bonchev–Trinajstić information content (AvgIpc) is 2.64.